The molecule has 1 aromatic carbocycles. The quantitative estimate of drug-likeness (QED) is 0.833. The van der Waals surface area contributed by atoms with Crippen LogP contribution >= 0.6 is 11.6 Å². The van der Waals surface area contributed by atoms with Gasteiger partial charge in [0.1, 0.15) is 4.90 Å². The number of nitrogens with two attached hydrogens (primary N) is 1. The molecule has 112 valence electrons. The fraction of sp³-hybridized carbons (Fsp3) is 0.500. The zero-order valence-corrected chi connectivity index (χ0v) is 12.5. The summed E-state index contributed by atoms with van der Waals surface area (Å²) in [5.41, 5.74) is 4.84. The lowest BCUT2D eigenvalue weighted by Crippen LogP contribution is -2.51. The Morgan fingerprint density at radius 2 is 2.20 bits per heavy atom. The molecule has 0 amide bonds. The first-order valence-electron chi connectivity index (χ1n) is 6.10. The van der Waals surface area contributed by atoms with Gasteiger partial charge < -0.3 is 10.5 Å². The van der Waals surface area contributed by atoms with Crippen molar-refractivity contribution < 1.29 is 17.5 Å². The Morgan fingerprint density at radius 1 is 1.50 bits per heavy atom. The highest BCUT2D eigenvalue weighted by atomic mass is 35.5. The zero-order chi connectivity index (χ0) is 15.0. The van der Waals surface area contributed by atoms with Crippen LogP contribution in [0.15, 0.2) is 17.0 Å². The molecule has 1 aromatic rings. The number of nitrogens with one attached hydrogen (secondary N) is 1. The van der Waals surface area contributed by atoms with E-state index in [1.165, 1.54) is 6.07 Å². The van der Waals surface area contributed by atoms with Gasteiger partial charge in [-0.2, -0.15) is 0 Å². The summed E-state index contributed by atoms with van der Waals surface area (Å²) < 4.78 is 46.3. The van der Waals surface area contributed by atoms with E-state index in [0.29, 0.717) is 13.0 Å². The Morgan fingerprint density at radius 3 is 2.80 bits per heavy atom. The third kappa shape index (κ3) is 3.22. The van der Waals surface area contributed by atoms with Gasteiger partial charge in [-0.3, -0.25) is 0 Å². The van der Waals surface area contributed by atoms with Crippen molar-refractivity contribution in [2.75, 3.05) is 18.9 Å². The summed E-state index contributed by atoms with van der Waals surface area (Å²) in [6.07, 6.45) is 1.35. The summed E-state index contributed by atoms with van der Waals surface area (Å²) in [5, 5.41) is -0.324. The minimum absolute atomic E-state index is 0.0850. The molecule has 0 saturated carbocycles. The second kappa shape index (κ2) is 5.48. The van der Waals surface area contributed by atoms with E-state index in [1.807, 2.05) is 0 Å². The third-order valence-electron chi connectivity index (χ3n) is 3.13. The van der Waals surface area contributed by atoms with Gasteiger partial charge in [-0.05, 0) is 31.9 Å². The molecule has 0 radical (unpaired) electrons. The molecule has 1 aliphatic rings. The fourth-order valence-corrected chi connectivity index (χ4v) is 4.01. The predicted molar refractivity (Wildman–Crippen MR) is 74.6 cm³/mol. The van der Waals surface area contributed by atoms with Crippen LogP contribution in [0.4, 0.5) is 10.1 Å². The van der Waals surface area contributed by atoms with Crippen molar-refractivity contribution in [2.24, 2.45) is 0 Å². The van der Waals surface area contributed by atoms with E-state index >= 15 is 0 Å². The second-order valence-electron chi connectivity index (χ2n) is 5.14. The highest BCUT2D eigenvalue weighted by Gasteiger charge is 2.34. The monoisotopic (exact) mass is 322 g/mol. The molecular weight excluding hydrogens is 307 g/mol. The first-order valence-corrected chi connectivity index (χ1v) is 7.96. The molecule has 1 fully saturated rings. The van der Waals surface area contributed by atoms with Crippen molar-refractivity contribution in [1.29, 1.82) is 0 Å². The number of hydrogen-bond donors (Lipinski definition) is 2. The summed E-state index contributed by atoms with van der Waals surface area (Å²) in [5.74, 6) is -1.01. The maximum Gasteiger partial charge on any atom is 0.244 e. The van der Waals surface area contributed by atoms with E-state index < -0.39 is 26.3 Å². The molecule has 1 atom stereocenters. The molecule has 20 heavy (non-hydrogen) atoms. The average Bonchev–Trinajstić information content (AvgIpc) is 2.33. The standard InChI is InChI=1S/C12H16ClFN2O3S/c1-12(3-2-4-19-7-12)16-20(17,18)10-6-8(15)5-9(13)11(10)14/h5-6,16H,2-4,7,15H2,1H3. The molecule has 0 bridgehead atoms. The van der Waals surface area contributed by atoms with E-state index in [4.69, 9.17) is 22.1 Å². The van der Waals surface area contributed by atoms with Crippen molar-refractivity contribution in [3.63, 3.8) is 0 Å². The van der Waals surface area contributed by atoms with Gasteiger partial charge in [0.25, 0.3) is 0 Å². The first-order chi connectivity index (χ1) is 9.23. The van der Waals surface area contributed by atoms with Crippen LogP contribution in [0.3, 0.4) is 0 Å². The molecule has 5 nitrogen and oxygen atoms in total. The highest BCUT2D eigenvalue weighted by Crippen LogP contribution is 2.28. The van der Waals surface area contributed by atoms with Crippen LogP contribution in [0.1, 0.15) is 19.8 Å². The van der Waals surface area contributed by atoms with Crippen LogP contribution in [-0.4, -0.2) is 27.2 Å². The SMILES string of the molecule is CC1(NS(=O)(=O)c2cc(N)cc(Cl)c2F)CCCOC1. The normalized spacial score (nSPS) is 23.8. The predicted octanol–water partition coefficient (Wildman–Crippen LogP) is 1.91. The van der Waals surface area contributed by atoms with Gasteiger partial charge in [0.2, 0.25) is 10.0 Å². The second-order valence-corrected chi connectivity index (χ2v) is 7.20. The maximum atomic E-state index is 13.9. The molecule has 2 rings (SSSR count). The van der Waals surface area contributed by atoms with Gasteiger partial charge in [0, 0.05) is 12.3 Å². The van der Waals surface area contributed by atoms with Crippen LogP contribution < -0.4 is 10.5 Å². The molecule has 1 saturated heterocycles. The number of nitrogen functional groups attached to an aromatic ring is 1. The molecule has 1 aliphatic heterocycles. The number of sulfonamides is 1. The topological polar surface area (TPSA) is 81.4 Å². The number of rotatable bonds is 3. The van der Waals surface area contributed by atoms with Crippen LogP contribution in [0, 0.1) is 5.82 Å². The van der Waals surface area contributed by atoms with Crippen molar-refractivity contribution in [2.45, 2.75) is 30.2 Å². The number of anilines is 1. The summed E-state index contributed by atoms with van der Waals surface area (Å²) in [4.78, 5) is -0.547. The van der Waals surface area contributed by atoms with Gasteiger partial charge in [-0.15, -0.1) is 0 Å². The number of ether oxygens (including phenoxy) is 1. The van der Waals surface area contributed by atoms with E-state index in [1.54, 1.807) is 6.92 Å². The van der Waals surface area contributed by atoms with Crippen LogP contribution in [-0.2, 0) is 14.8 Å². The van der Waals surface area contributed by atoms with Crippen molar-refractivity contribution >= 4 is 27.3 Å². The minimum atomic E-state index is -4.06. The van der Waals surface area contributed by atoms with Gasteiger partial charge in [-0.25, -0.2) is 17.5 Å². The summed E-state index contributed by atoms with van der Waals surface area (Å²) in [6.45, 7) is 2.55. The lowest BCUT2D eigenvalue weighted by molar-refractivity contribution is 0.0386. The largest absolute Gasteiger partial charge is 0.399 e. The Hall–Kier alpha value is -0.890. The molecular formula is C12H16ClFN2O3S. The first kappa shape index (κ1) is 15.5. The smallest absolute Gasteiger partial charge is 0.244 e. The van der Waals surface area contributed by atoms with E-state index in [-0.39, 0.29) is 17.3 Å². The van der Waals surface area contributed by atoms with Crippen molar-refractivity contribution in [3.05, 3.63) is 23.0 Å². The highest BCUT2D eigenvalue weighted by molar-refractivity contribution is 7.89. The summed E-state index contributed by atoms with van der Waals surface area (Å²) in [6, 6.07) is 2.22. The van der Waals surface area contributed by atoms with Crippen LogP contribution in [0.5, 0.6) is 0 Å². The van der Waals surface area contributed by atoms with Crippen molar-refractivity contribution in [3.8, 4) is 0 Å². The summed E-state index contributed by atoms with van der Waals surface area (Å²) in [7, 11) is -4.06. The van der Waals surface area contributed by atoms with Crippen molar-refractivity contribution in [1.82, 2.24) is 4.72 Å². The number of halogens is 2. The minimum Gasteiger partial charge on any atom is -0.399 e. The molecule has 0 spiro atoms. The Balaban J connectivity index is 2.36. The zero-order valence-electron chi connectivity index (χ0n) is 10.9. The molecule has 0 aliphatic carbocycles. The van der Waals surface area contributed by atoms with Crippen LogP contribution in [0.2, 0.25) is 5.02 Å². The van der Waals surface area contributed by atoms with Gasteiger partial charge in [0.05, 0.1) is 17.2 Å². The van der Waals surface area contributed by atoms with Crippen LogP contribution in [0.25, 0.3) is 0 Å². The number of benzene rings is 1. The Labute approximate surface area is 122 Å². The maximum absolute atomic E-state index is 13.9. The Bertz CT molecular complexity index is 615. The lowest BCUT2D eigenvalue weighted by Gasteiger charge is -2.33. The molecule has 0 aromatic heterocycles. The summed E-state index contributed by atoms with van der Waals surface area (Å²) >= 11 is 5.63. The van der Waals surface area contributed by atoms with E-state index in [0.717, 1.165) is 12.5 Å². The van der Waals surface area contributed by atoms with E-state index in [2.05, 4.69) is 4.72 Å². The average molecular weight is 323 g/mol. The van der Waals surface area contributed by atoms with Gasteiger partial charge in [-0.1, -0.05) is 11.6 Å². The molecule has 1 unspecified atom stereocenters. The van der Waals surface area contributed by atoms with Gasteiger partial charge >= 0.3 is 0 Å². The van der Waals surface area contributed by atoms with Gasteiger partial charge in [0.15, 0.2) is 5.82 Å². The number of hydrogen-bond acceptors (Lipinski definition) is 4. The lowest BCUT2D eigenvalue weighted by atomic mass is 9.97. The third-order valence-corrected chi connectivity index (χ3v) is 5.04. The van der Waals surface area contributed by atoms with E-state index in [9.17, 15) is 12.8 Å². The molecule has 3 N–H and O–H groups in total. The molecule has 8 heteroatoms. The fourth-order valence-electron chi connectivity index (χ4n) is 2.17. The Kier molecular flexibility index (Phi) is 4.24. The molecule has 1 heterocycles.